The Hall–Kier alpha value is -3.54. The summed E-state index contributed by atoms with van der Waals surface area (Å²) in [6.45, 7) is 2.80. The van der Waals surface area contributed by atoms with Crippen molar-refractivity contribution in [3.05, 3.63) is 51.5 Å². The predicted octanol–water partition coefficient (Wildman–Crippen LogP) is 2.01. The van der Waals surface area contributed by atoms with E-state index in [1.54, 1.807) is 20.9 Å². The molecule has 0 aromatic carbocycles. The Bertz CT molecular complexity index is 1320. The number of alkyl halides is 3. The van der Waals surface area contributed by atoms with Gasteiger partial charge in [0.1, 0.15) is 5.82 Å². The van der Waals surface area contributed by atoms with Crippen LogP contribution in [0.4, 0.5) is 13.2 Å². The summed E-state index contributed by atoms with van der Waals surface area (Å²) in [5, 5.41) is 18.3. The van der Waals surface area contributed by atoms with E-state index in [0.29, 0.717) is 22.8 Å². The zero-order valence-corrected chi connectivity index (χ0v) is 16.1. The summed E-state index contributed by atoms with van der Waals surface area (Å²) in [6, 6.07) is 2.18. The number of nitrogens with one attached hydrogen (secondary N) is 1. The van der Waals surface area contributed by atoms with Gasteiger partial charge in [-0.1, -0.05) is 0 Å². The number of aliphatic hydroxyl groups is 1. The van der Waals surface area contributed by atoms with E-state index in [4.69, 9.17) is 0 Å². The molecule has 4 rings (SSSR count). The maximum atomic E-state index is 12.9. The number of aromatic nitrogens is 7. The Morgan fingerprint density at radius 3 is 2.53 bits per heavy atom. The lowest BCUT2D eigenvalue weighted by molar-refractivity contribution is -0.137. The molecule has 0 aliphatic carbocycles. The monoisotopic (exact) mass is 419 g/mol. The fraction of sp³-hybridized carbons (Fsp3) is 0.278. The van der Waals surface area contributed by atoms with Gasteiger partial charge in [-0.2, -0.15) is 23.4 Å². The largest absolute Gasteiger partial charge is 0.417 e. The minimum atomic E-state index is -4.51. The molecule has 0 saturated heterocycles. The molecule has 0 amide bonds. The number of fused-ring (bicyclic) bond motifs is 1. The Morgan fingerprint density at radius 1 is 1.20 bits per heavy atom. The summed E-state index contributed by atoms with van der Waals surface area (Å²) in [4.78, 5) is 23.3. The van der Waals surface area contributed by atoms with Crippen LogP contribution in [-0.4, -0.2) is 39.5 Å². The first-order valence-corrected chi connectivity index (χ1v) is 8.78. The van der Waals surface area contributed by atoms with Gasteiger partial charge >= 0.3 is 6.18 Å². The van der Waals surface area contributed by atoms with Crippen LogP contribution in [0.2, 0.25) is 0 Å². The standard InChI is InChI=1S/C18H16F3N7O2/c1-8-13(16-24-12(7-29)15-17(30)23-9(2)26-28(15)16)14(27(3)25-8)11-5-4-10(6-22-11)18(19,20)21/h4-6,29H,7H2,1-3H3,(H,23,26,30). The lowest BCUT2D eigenvalue weighted by atomic mass is 10.1. The number of aromatic amines is 1. The molecule has 0 atom stereocenters. The van der Waals surface area contributed by atoms with E-state index >= 15 is 0 Å². The smallest absolute Gasteiger partial charge is 0.390 e. The van der Waals surface area contributed by atoms with Crippen LogP contribution in [-0.2, 0) is 19.8 Å². The van der Waals surface area contributed by atoms with Crippen molar-refractivity contribution in [3.63, 3.8) is 0 Å². The van der Waals surface area contributed by atoms with Crippen molar-refractivity contribution in [1.82, 2.24) is 34.3 Å². The normalized spacial score (nSPS) is 12.1. The molecule has 0 radical (unpaired) electrons. The molecule has 0 unspecified atom stereocenters. The van der Waals surface area contributed by atoms with Gasteiger partial charge in [0, 0.05) is 13.2 Å². The van der Waals surface area contributed by atoms with E-state index in [9.17, 15) is 23.1 Å². The van der Waals surface area contributed by atoms with Crippen molar-refractivity contribution in [3.8, 4) is 22.8 Å². The third kappa shape index (κ3) is 3.05. The minimum Gasteiger partial charge on any atom is -0.390 e. The van der Waals surface area contributed by atoms with Crippen LogP contribution in [0.15, 0.2) is 23.1 Å². The van der Waals surface area contributed by atoms with E-state index in [1.807, 2.05) is 0 Å². The summed E-state index contributed by atoms with van der Waals surface area (Å²) in [7, 11) is 1.62. The highest BCUT2D eigenvalue weighted by Crippen LogP contribution is 2.35. The topological polar surface area (TPSA) is 114 Å². The van der Waals surface area contributed by atoms with Gasteiger partial charge in [0.2, 0.25) is 0 Å². The molecule has 0 fully saturated rings. The average Bonchev–Trinajstić information content (AvgIpc) is 3.17. The van der Waals surface area contributed by atoms with Crippen molar-refractivity contribution >= 4 is 5.52 Å². The van der Waals surface area contributed by atoms with Gasteiger partial charge in [-0.3, -0.25) is 14.5 Å². The molecule has 30 heavy (non-hydrogen) atoms. The molecule has 4 aromatic rings. The number of nitrogens with zero attached hydrogens (tertiary/aromatic N) is 6. The second-order valence-electron chi connectivity index (χ2n) is 6.70. The number of hydrogen-bond donors (Lipinski definition) is 2. The Morgan fingerprint density at radius 2 is 1.93 bits per heavy atom. The summed E-state index contributed by atoms with van der Waals surface area (Å²) in [5.74, 6) is 0.553. The minimum absolute atomic E-state index is 0.0766. The van der Waals surface area contributed by atoms with Crippen LogP contribution < -0.4 is 5.56 Å². The summed E-state index contributed by atoms with van der Waals surface area (Å²) >= 11 is 0. The first-order chi connectivity index (χ1) is 14.1. The van der Waals surface area contributed by atoms with Gasteiger partial charge in [-0.25, -0.2) is 9.50 Å². The number of rotatable bonds is 3. The highest BCUT2D eigenvalue weighted by Gasteiger charge is 2.31. The quantitative estimate of drug-likeness (QED) is 0.525. The third-order valence-electron chi connectivity index (χ3n) is 4.62. The van der Waals surface area contributed by atoms with Gasteiger partial charge in [0.05, 0.1) is 40.5 Å². The van der Waals surface area contributed by atoms with Crippen molar-refractivity contribution < 1.29 is 18.3 Å². The molecular formula is C18H16F3N7O2. The van der Waals surface area contributed by atoms with Crippen LogP contribution in [0, 0.1) is 13.8 Å². The van der Waals surface area contributed by atoms with E-state index in [2.05, 4.69) is 25.1 Å². The molecule has 4 aromatic heterocycles. The second-order valence-corrected chi connectivity index (χ2v) is 6.70. The van der Waals surface area contributed by atoms with Crippen LogP contribution in [0.25, 0.3) is 28.3 Å². The predicted molar refractivity (Wildman–Crippen MR) is 99.4 cm³/mol. The Labute approximate surface area is 166 Å². The van der Waals surface area contributed by atoms with Crippen LogP contribution >= 0.6 is 0 Å². The van der Waals surface area contributed by atoms with Crippen LogP contribution in [0.1, 0.15) is 22.8 Å². The average molecular weight is 419 g/mol. The zero-order valence-electron chi connectivity index (χ0n) is 16.1. The lowest BCUT2D eigenvalue weighted by Gasteiger charge is -2.09. The van der Waals surface area contributed by atoms with E-state index in [0.717, 1.165) is 12.3 Å². The first-order valence-electron chi connectivity index (χ1n) is 8.78. The molecular weight excluding hydrogens is 403 g/mol. The number of aliphatic hydroxyl groups excluding tert-OH is 1. The van der Waals surface area contributed by atoms with Crippen LogP contribution in [0.5, 0.6) is 0 Å². The van der Waals surface area contributed by atoms with Crippen molar-refractivity contribution in [2.75, 3.05) is 0 Å². The van der Waals surface area contributed by atoms with E-state index in [1.165, 1.54) is 15.3 Å². The molecule has 2 N–H and O–H groups in total. The summed E-state index contributed by atoms with van der Waals surface area (Å²) < 4.78 is 41.5. The third-order valence-corrected chi connectivity index (χ3v) is 4.62. The number of pyridine rings is 1. The Kier molecular flexibility index (Phi) is 4.45. The zero-order chi connectivity index (χ0) is 21.8. The lowest BCUT2D eigenvalue weighted by Crippen LogP contribution is -2.15. The molecule has 0 aliphatic heterocycles. The molecule has 4 heterocycles. The molecule has 0 spiro atoms. The van der Waals surface area contributed by atoms with Crippen molar-refractivity contribution in [2.24, 2.45) is 7.05 Å². The highest BCUT2D eigenvalue weighted by molar-refractivity contribution is 5.80. The van der Waals surface area contributed by atoms with E-state index in [-0.39, 0.29) is 22.7 Å². The highest BCUT2D eigenvalue weighted by atomic mass is 19.4. The van der Waals surface area contributed by atoms with Crippen molar-refractivity contribution in [1.29, 1.82) is 0 Å². The van der Waals surface area contributed by atoms with Gasteiger partial charge in [0.25, 0.3) is 5.56 Å². The molecule has 12 heteroatoms. The van der Waals surface area contributed by atoms with Crippen LogP contribution in [0.3, 0.4) is 0 Å². The van der Waals surface area contributed by atoms with Crippen molar-refractivity contribution in [2.45, 2.75) is 26.6 Å². The number of H-pyrrole nitrogens is 1. The SMILES string of the molecule is Cc1nn2c(-c3c(C)nn(C)c3-c3ccc(C(F)(F)F)cn3)nc(CO)c2c(=O)[nH]1. The first kappa shape index (κ1) is 19.8. The second kappa shape index (κ2) is 6.76. The van der Waals surface area contributed by atoms with Gasteiger partial charge < -0.3 is 10.1 Å². The van der Waals surface area contributed by atoms with E-state index < -0.39 is 23.9 Å². The number of halogens is 3. The fourth-order valence-corrected chi connectivity index (χ4v) is 3.37. The Balaban J connectivity index is 2.00. The van der Waals surface area contributed by atoms with Gasteiger partial charge in [0.15, 0.2) is 11.3 Å². The maximum absolute atomic E-state index is 12.9. The molecule has 9 nitrogen and oxygen atoms in total. The molecule has 156 valence electrons. The molecule has 0 bridgehead atoms. The summed E-state index contributed by atoms with van der Waals surface area (Å²) in [6.07, 6.45) is -3.76. The van der Waals surface area contributed by atoms with Gasteiger partial charge in [-0.15, -0.1) is 0 Å². The fourth-order valence-electron chi connectivity index (χ4n) is 3.37. The molecule has 0 aliphatic rings. The summed E-state index contributed by atoms with van der Waals surface area (Å²) in [5.41, 5.74) is 0.441. The van der Waals surface area contributed by atoms with Gasteiger partial charge in [-0.05, 0) is 26.0 Å². The maximum Gasteiger partial charge on any atom is 0.417 e. The molecule has 0 saturated carbocycles. The number of imidazole rings is 1. The number of hydrogen-bond acceptors (Lipinski definition) is 6. The number of aryl methyl sites for hydroxylation is 3.